The normalized spacial score (nSPS) is 12.7. The third-order valence-electron chi connectivity index (χ3n) is 3.88. The minimum atomic E-state index is -3.73. The van der Waals surface area contributed by atoms with E-state index in [1.807, 2.05) is 20.8 Å². The highest BCUT2D eigenvalue weighted by Gasteiger charge is 2.18. The van der Waals surface area contributed by atoms with E-state index in [2.05, 4.69) is 10.0 Å². The van der Waals surface area contributed by atoms with Gasteiger partial charge in [0.1, 0.15) is 0 Å². The van der Waals surface area contributed by atoms with Gasteiger partial charge in [0.15, 0.2) is 0 Å². The average Bonchev–Trinajstić information content (AvgIpc) is 2.57. The fourth-order valence-electron chi connectivity index (χ4n) is 2.03. The van der Waals surface area contributed by atoms with Crippen LogP contribution in [0.3, 0.4) is 0 Å². The van der Waals surface area contributed by atoms with Gasteiger partial charge in [-0.3, -0.25) is 9.52 Å². The minimum absolute atomic E-state index is 0.0340. The van der Waals surface area contributed by atoms with Crippen LogP contribution in [-0.2, 0) is 10.0 Å². The Morgan fingerprint density at radius 3 is 2.28 bits per heavy atom. The molecule has 2 aromatic rings. The number of amides is 1. The molecule has 25 heavy (non-hydrogen) atoms. The second kappa shape index (κ2) is 7.89. The first-order valence-electron chi connectivity index (χ1n) is 7.89. The summed E-state index contributed by atoms with van der Waals surface area (Å²) in [5.41, 5.74) is 0.498. The molecule has 7 heteroatoms. The van der Waals surface area contributed by atoms with Gasteiger partial charge in [0.05, 0.1) is 15.5 Å². The van der Waals surface area contributed by atoms with Crippen molar-refractivity contribution in [2.45, 2.75) is 31.7 Å². The molecule has 2 rings (SSSR count). The molecule has 2 aromatic carbocycles. The molecule has 0 aromatic heterocycles. The van der Waals surface area contributed by atoms with Crippen LogP contribution in [0.2, 0.25) is 5.02 Å². The highest BCUT2D eigenvalue weighted by atomic mass is 35.5. The summed E-state index contributed by atoms with van der Waals surface area (Å²) < 4.78 is 27.2. The molecular formula is C18H21ClN2O3S. The molecule has 0 heterocycles. The SMILES string of the molecule is CC(C)C(C)NC(=O)c1cc(NS(=O)(=O)c2ccccc2)ccc1Cl. The zero-order chi connectivity index (χ0) is 18.6. The zero-order valence-corrected chi connectivity index (χ0v) is 15.9. The van der Waals surface area contributed by atoms with Crippen LogP contribution in [-0.4, -0.2) is 20.4 Å². The van der Waals surface area contributed by atoms with E-state index in [-0.39, 0.29) is 39.0 Å². The number of nitrogens with one attached hydrogen (secondary N) is 2. The molecule has 0 fully saturated rings. The van der Waals surface area contributed by atoms with Crippen molar-refractivity contribution in [2.75, 3.05) is 4.72 Å². The van der Waals surface area contributed by atoms with E-state index in [1.165, 1.54) is 30.3 Å². The number of carbonyl (C=O) groups excluding carboxylic acids is 1. The fraction of sp³-hybridized carbons (Fsp3) is 0.278. The van der Waals surface area contributed by atoms with Crippen molar-refractivity contribution < 1.29 is 13.2 Å². The highest BCUT2D eigenvalue weighted by molar-refractivity contribution is 7.92. The van der Waals surface area contributed by atoms with E-state index < -0.39 is 10.0 Å². The second-order valence-corrected chi connectivity index (χ2v) is 8.21. The summed E-state index contributed by atoms with van der Waals surface area (Å²) in [5, 5.41) is 3.12. The van der Waals surface area contributed by atoms with Gasteiger partial charge in [0.2, 0.25) is 0 Å². The summed E-state index contributed by atoms with van der Waals surface area (Å²) >= 11 is 6.10. The Hall–Kier alpha value is -2.05. The molecule has 5 nitrogen and oxygen atoms in total. The number of sulfonamides is 1. The van der Waals surface area contributed by atoms with Crippen LogP contribution in [0.4, 0.5) is 5.69 Å². The van der Waals surface area contributed by atoms with Gasteiger partial charge < -0.3 is 5.32 Å². The predicted octanol–water partition coefficient (Wildman–Crippen LogP) is 3.92. The first-order chi connectivity index (χ1) is 11.7. The maximum atomic E-state index is 12.4. The lowest BCUT2D eigenvalue weighted by molar-refractivity contribution is 0.0930. The van der Waals surface area contributed by atoms with Crippen LogP contribution in [0.15, 0.2) is 53.4 Å². The van der Waals surface area contributed by atoms with Crippen molar-refractivity contribution in [3.05, 3.63) is 59.1 Å². The van der Waals surface area contributed by atoms with Gasteiger partial charge in [-0.05, 0) is 43.2 Å². The van der Waals surface area contributed by atoms with E-state index in [9.17, 15) is 13.2 Å². The van der Waals surface area contributed by atoms with E-state index in [0.29, 0.717) is 0 Å². The molecule has 134 valence electrons. The maximum absolute atomic E-state index is 12.4. The third-order valence-corrected chi connectivity index (χ3v) is 5.60. The molecule has 0 radical (unpaired) electrons. The molecular weight excluding hydrogens is 360 g/mol. The number of rotatable bonds is 6. The molecule has 0 aliphatic carbocycles. The zero-order valence-electron chi connectivity index (χ0n) is 14.3. The Balaban J connectivity index is 2.26. The van der Waals surface area contributed by atoms with Crippen molar-refractivity contribution in [3.63, 3.8) is 0 Å². The first-order valence-corrected chi connectivity index (χ1v) is 9.75. The number of hydrogen-bond donors (Lipinski definition) is 2. The van der Waals surface area contributed by atoms with Crippen LogP contribution in [0, 0.1) is 5.92 Å². The van der Waals surface area contributed by atoms with Gasteiger partial charge in [-0.2, -0.15) is 0 Å². The van der Waals surface area contributed by atoms with Crippen molar-refractivity contribution >= 4 is 33.2 Å². The lowest BCUT2D eigenvalue weighted by Crippen LogP contribution is -2.36. The molecule has 0 saturated carbocycles. The summed E-state index contributed by atoms with van der Waals surface area (Å²) in [5.74, 6) is -0.0746. The van der Waals surface area contributed by atoms with Gasteiger partial charge in [-0.25, -0.2) is 8.42 Å². The molecule has 1 atom stereocenters. The molecule has 0 aliphatic rings. The molecule has 2 N–H and O–H groups in total. The Kier molecular flexibility index (Phi) is 6.08. The van der Waals surface area contributed by atoms with E-state index >= 15 is 0 Å². The van der Waals surface area contributed by atoms with Crippen molar-refractivity contribution in [1.82, 2.24) is 5.32 Å². The van der Waals surface area contributed by atoms with Gasteiger partial charge in [0, 0.05) is 11.7 Å². The average molecular weight is 381 g/mol. The first kappa shape index (κ1) is 19.3. The lowest BCUT2D eigenvalue weighted by Gasteiger charge is -2.18. The van der Waals surface area contributed by atoms with Gasteiger partial charge >= 0.3 is 0 Å². The number of carbonyl (C=O) groups is 1. The number of halogens is 1. The van der Waals surface area contributed by atoms with Gasteiger partial charge in [-0.15, -0.1) is 0 Å². The Bertz CT molecular complexity index is 852. The van der Waals surface area contributed by atoms with Crippen molar-refractivity contribution in [2.24, 2.45) is 5.92 Å². The Morgan fingerprint density at radius 1 is 1.04 bits per heavy atom. The minimum Gasteiger partial charge on any atom is -0.349 e. The maximum Gasteiger partial charge on any atom is 0.261 e. The number of anilines is 1. The highest BCUT2D eigenvalue weighted by Crippen LogP contribution is 2.23. The lowest BCUT2D eigenvalue weighted by atomic mass is 10.1. The largest absolute Gasteiger partial charge is 0.349 e. The molecule has 1 amide bonds. The Labute approximate surface area is 153 Å². The Morgan fingerprint density at radius 2 is 1.68 bits per heavy atom. The number of hydrogen-bond acceptors (Lipinski definition) is 3. The van der Waals surface area contributed by atoms with Crippen LogP contribution in [0.25, 0.3) is 0 Å². The summed E-state index contributed by atoms with van der Waals surface area (Å²) in [6, 6.07) is 12.4. The van der Waals surface area contributed by atoms with Crippen LogP contribution in [0.5, 0.6) is 0 Å². The monoisotopic (exact) mass is 380 g/mol. The predicted molar refractivity (Wildman–Crippen MR) is 100 cm³/mol. The van der Waals surface area contributed by atoms with Gasteiger partial charge in [-0.1, -0.05) is 43.6 Å². The summed E-state index contributed by atoms with van der Waals surface area (Å²) in [7, 11) is -3.73. The summed E-state index contributed by atoms with van der Waals surface area (Å²) in [6.07, 6.45) is 0. The second-order valence-electron chi connectivity index (χ2n) is 6.12. The summed E-state index contributed by atoms with van der Waals surface area (Å²) in [6.45, 7) is 5.90. The third kappa shape index (κ3) is 4.96. The van der Waals surface area contributed by atoms with Crippen LogP contribution < -0.4 is 10.0 Å². The molecule has 0 aliphatic heterocycles. The quantitative estimate of drug-likeness (QED) is 0.797. The summed E-state index contributed by atoms with van der Waals surface area (Å²) in [4.78, 5) is 12.5. The molecule has 0 spiro atoms. The smallest absolute Gasteiger partial charge is 0.261 e. The molecule has 1 unspecified atom stereocenters. The molecule has 0 saturated heterocycles. The topological polar surface area (TPSA) is 75.3 Å². The van der Waals surface area contributed by atoms with Crippen LogP contribution >= 0.6 is 11.6 Å². The van der Waals surface area contributed by atoms with Crippen LogP contribution in [0.1, 0.15) is 31.1 Å². The fourth-order valence-corrected chi connectivity index (χ4v) is 3.30. The van der Waals surface area contributed by atoms with Gasteiger partial charge in [0.25, 0.3) is 15.9 Å². The standard InChI is InChI=1S/C18H21ClN2O3S/c1-12(2)13(3)20-18(22)16-11-14(9-10-17(16)19)21-25(23,24)15-7-5-4-6-8-15/h4-13,21H,1-3H3,(H,20,22). The molecule has 0 bridgehead atoms. The van der Waals surface area contributed by atoms with E-state index in [0.717, 1.165) is 0 Å². The van der Waals surface area contributed by atoms with E-state index in [1.54, 1.807) is 18.2 Å². The van der Waals surface area contributed by atoms with Crippen molar-refractivity contribution in [1.29, 1.82) is 0 Å². The van der Waals surface area contributed by atoms with E-state index in [4.69, 9.17) is 11.6 Å². The number of benzene rings is 2. The van der Waals surface area contributed by atoms with Crippen molar-refractivity contribution in [3.8, 4) is 0 Å².